The maximum atomic E-state index is 14.1. The molecule has 214 valence electrons. The zero-order valence-electron chi connectivity index (χ0n) is 23.4. The predicted molar refractivity (Wildman–Crippen MR) is 169 cm³/mol. The number of hydrogen-bond donors (Lipinski definition) is 1. The molecule has 0 saturated carbocycles. The second-order valence-electron chi connectivity index (χ2n) is 10.9. The minimum absolute atomic E-state index is 0.00147. The zero-order valence-corrected chi connectivity index (χ0v) is 25.0. The van der Waals surface area contributed by atoms with Crippen molar-refractivity contribution in [2.45, 2.75) is 33.2 Å². The monoisotopic (exact) mass is 600 g/mol. The van der Waals surface area contributed by atoms with Crippen molar-refractivity contribution in [2.75, 3.05) is 18.8 Å². The number of halogens is 1. The van der Waals surface area contributed by atoms with Gasteiger partial charge in [0.15, 0.2) is 5.13 Å². The van der Waals surface area contributed by atoms with E-state index in [9.17, 15) is 14.4 Å². The number of carbonyl (C=O) groups is 1. The first-order chi connectivity index (χ1) is 20.1. The van der Waals surface area contributed by atoms with E-state index in [2.05, 4.69) is 16.5 Å². The Morgan fingerprint density at radius 3 is 2.64 bits per heavy atom. The van der Waals surface area contributed by atoms with Gasteiger partial charge in [-0.1, -0.05) is 55.5 Å². The van der Waals surface area contributed by atoms with E-state index in [1.165, 1.54) is 26.5 Å². The van der Waals surface area contributed by atoms with E-state index in [0.717, 1.165) is 15.8 Å². The fourth-order valence-corrected chi connectivity index (χ4v) is 6.73. The first-order valence-electron chi connectivity index (χ1n) is 13.6. The fourth-order valence-electron chi connectivity index (χ4n) is 5.71. The number of hydrogen-bond acceptors (Lipinski definition) is 7. The number of benzene rings is 2. The molecule has 2 N–H and O–H groups in total. The van der Waals surface area contributed by atoms with Crippen LogP contribution in [0, 0.1) is 12.8 Å². The van der Waals surface area contributed by atoms with Crippen LogP contribution in [0.15, 0.2) is 64.8 Å². The number of anilines is 1. The number of thiazole rings is 1. The summed E-state index contributed by atoms with van der Waals surface area (Å²) in [5, 5.41) is 0.848. The van der Waals surface area contributed by atoms with E-state index in [4.69, 9.17) is 17.3 Å². The van der Waals surface area contributed by atoms with E-state index in [-0.39, 0.29) is 24.3 Å². The number of nitrogens with zero attached hydrogens (tertiary/aromatic N) is 5. The maximum Gasteiger partial charge on any atom is 0.321 e. The topological polar surface area (TPSA) is 116 Å². The molecule has 4 heterocycles. The van der Waals surface area contributed by atoms with Crippen LogP contribution in [0.25, 0.3) is 38.1 Å². The fraction of sp³-hybridized carbons (Fsp3) is 0.258. The van der Waals surface area contributed by atoms with E-state index >= 15 is 0 Å². The smallest absolute Gasteiger partial charge is 0.321 e. The van der Waals surface area contributed by atoms with Crippen LogP contribution in [0.2, 0.25) is 5.02 Å². The van der Waals surface area contributed by atoms with Crippen molar-refractivity contribution >= 4 is 55.2 Å². The molecule has 0 bridgehead atoms. The number of pyridine rings is 1. The second kappa shape index (κ2) is 10.5. The molecular formula is C31H29ClN6O3S. The molecule has 9 nitrogen and oxygen atoms in total. The van der Waals surface area contributed by atoms with Crippen LogP contribution >= 0.6 is 22.9 Å². The van der Waals surface area contributed by atoms with Crippen LogP contribution in [0.1, 0.15) is 31.0 Å². The summed E-state index contributed by atoms with van der Waals surface area (Å²) in [5.74, 6) is -0.163. The molecule has 11 heteroatoms. The van der Waals surface area contributed by atoms with Crippen molar-refractivity contribution < 1.29 is 4.79 Å². The van der Waals surface area contributed by atoms with Gasteiger partial charge in [-0.3, -0.25) is 23.9 Å². The molecule has 1 saturated heterocycles. The number of aryl methyl sites for hydroxylation is 1. The summed E-state index contributed by atoms with van der Waals surface area (Å²) in [5.41, 5.74) is 10.0. The molecule has 5 aromatic rings. The molecule has 0 unspecified atom stereocenters. The number of nitrogens with two attached hydrogens (primary N) is 1. The predicted octanol–water partition coefficient (Wildman–Crippen LogP) is 5.14. The molecule has 1 aliphatic heterocycles. The van der Waals surface area contributed by atoms with Gasteiger partial charge in [-0.25, -0.2) is 4.98 Å². The quantitative estimate of drug-likeness (QED) is 0.213. The molecule has 1 fully saturated rings. The number of nitrogen functional groups attached to an aromatic ring is 1. The van der Waals surface area contributed by atoms with Crippen molar-refractivity contribution in [1.29, 1.82) is 0 Å². The van der Waals surface area contributed by atoms with Gasteiger partial charge in [-0.15, -0.1) is 0 Å². The number of para-hydroxylation sites is 1. The largest absolute Gasteiger partial charge is 0.375 e. The number of amides is 1. The lowest BCUT2D eigenvalue weighted by atomic mass is 9.99. The summed E-state index contributed by atoms with van der Waals surface area (Å²) in [7, 11) is 0. The minimum atomic E-state index is -0.678. The second-order valence-corrected chi connectivity index (χ2v) is 12.4. The van der Waals surface area contributed by atoms with Crippen molar-refractivity contribution in [1.82, 2.24) is 24.0 Å². The van der Waals surface area contributed by atoms with E-state index in [1.54, 1.807) is 17.2 Å². The van der Waals surface area contributed by atoms with Gasteiger partial charge in [-0.05, 0) is 48.7 Å². The van der Waals surface area contributed by atoms with Crippen LogP contribution in [0.4, 0.5) is 5.13 Å². The molecule has 6 rings (SSSR count). The molecule has 0 aliphatic carbocycles. The summed E-state index contributed by atoms with van der Waals surface area (Å²) in [4.78, 5) is 50.7. The Hall–Kier alpha value is -4.28. The van der Waals surface area contributed by atoms with Gasteiger partial charge < -0.3 is 15.2 Å². The first kappa shape index (κ1) is 27.9. The Labute approximate surface area is 250 Å². The molecule has 1 amide bonds. The average molecular weight is 601 g/mol. The number of fused-ring (bicyclic) bond motifs is 2. The molecule has 0 atom stereocenters. The summed E-state index contributed by atoms with van der Waals surface area (Å²) >= 11 is 8.34. The first-order valence-corrected chi connectivity index (χ1v) is 14.8. The summed E-state index contributed by atoms with van der Waals surface area (Å²) in [6.45, 7) is 10.7. The molecule has 0 radical (unpaired) electrons. The lowest BCUT2D eigenvalue weighted by molar-refractivity contribution is -0.132. The Balaban J connectivity index is 1.65. The van der Waals surface area contributed by atoms with Gasteiger partial charge in [0, 0.05) is 42.9 Å². The standard InChI is InChI=1S/C31H29ClN6O3S/c1-5-25(39)36-13-18(14-36)15-37-22-12-21(32)20(19-7-6-8-24-27(19)35-31(33)42-24)11-23(22)38(30(41)29(37)40)28-17(4)9-10-34-26(28)16(2)3/h5-12,16,18H,1,13-15H2,2-4H3,(H2,33,35). The van der Waals surface area contributed by atoms with E-state index in [1.807, 2.05) is 51.1 Å². The Kier molecular flexibility index (Phi) is 6.98. The van der Waals surface area contributed by atoms with E-state index in [0.29, 0.717) is 56.7 Å². The van der Waals surface area contributed by atoms with Gasteiger partial charge in [0.2, 0.25) is 5.91 Å². The lowest BCUT2D eigenvalue weighted by Crippen LogP contribution is -2.52. The van der Waals surface area contributed by atoms with Crippen LogP contribution in [0.5, 0.6) is 0 Å². The summed E-state index contributed by atoms with van der Waals surface area (Å²) in [6, 6.07) is 11.2. The zero-order chi connectivity index (χ0) is 29.9. The van der Waals surface area contributed by atoms with Crippen LogP contribution < -0.4 is 16.9 Å². The van der Waals surface area contributed by atoms with Crippen molar-refractivity contribution in [3.05, 3.63) is 92.2 Å². The molecule has 42 heavy (non-hydrogen) atoms. The van der Waals surface area contributed by atoms with Crippen molar-refractivity contribution in [2.24, 2.45) is 5.92 Å². The molecule has 3 aromatic heterocycles. The van der Waals surface area contributed by atoms with E-state index < -0.39 is 11.1 Å². The van der Waals surface area contributed by atoms with Crippen LogP contribution in [-0.4, -0.2) is 43.0 Å². The average Bonchev–Trinajstić information content (AvgIpc) is 3.33. The maximum absolute atomic E-state index is 14.1. The van der Waals surface area contributed by atoms with Gasteiger partial charge in [0.1, 0.15) is 0 Å². The highest BCUT2D eigenvalue weighted by Gasteiger charge is 2.31. The molecule has 0 spiro atoms. The minimum Gasteiger partial charge on any atom is -0.375 e. The summed E-state index contributed by atoms with van der Waals surface area (Å²) in [6.07, 6.45) is 2.99. The third-order valence-corrected chi connectivity index (χ3v) is 8.92. The third kappa shape index (κ3) is 4.51. The van der Waals surface area contributed by atoms with Gasteiger partial charge >= 0.3 is 11.1 Å². The molecule has 1 aliphatic rings. The Bertz CT molecular complexity index is 2040. The SMILES string of the molecule is C=CC(=O)N1CC(Cn2c(=O)c(=O)n(-c3c(C)ccnc3C(C)C)c3cc(-c4cccc5sc(N)nc45)c(Cl)cc32)C1. The highest BCUT2D eigenvalue weighted by atomic mass is 35.5. The van der Waals surface area contributed by atoms with Crippen LogP contribution in [0.3, 0.4) is 0 Å². The third-order valence-electron chi connectivity index (χ3n) is 7.76. The normalized spacial score (nSPS) is 13.7. The van der Waals surface area contributed by atoms with Gasteiger partial charge in [0.05, 0.1) is 37.7 Å². The summed E-state index contributed by atoms with van der Waals surface area (Å²) < 4.78 is 3.89. The molecular weight excluding hydrogens is 572 g/mol. The lowest BCUT2D eigenvalue weighted by Gasteiger charge is -2.39. The molecule has 2 aromatic carbocycles. The highest BCUT2D eigenvalue weighted by Crippen LogP contribution is 2.38. The van der Waals surface area contributed by atoms with Crippen LogP contribution in [-0.2, 0) is 11.3 Å². The van der Waals surface area contributed by atoms with Crippen molar-refractivity contribution in [3.8, 4) is 16.8 Å². The number of carbonyl (C=O) groups excluding carboxylic acids is 1. The highest BCUT2D eigenvalue weighted by molar-refractivity contribution is 7.22. The number of rotatable bonds is 6. The number of likely N-dealkylation sites (tertiary alicyclic amines) is 1. The van der Waals surface area contributed by atoms with Gasteiger partial charge in [0.25, 0.3) is 0 Å². The number of aromatic nitrogens is 4. The Morgan fingerprint density at radius 1 is 1.17 bits per heavy atom. The van der Waals surface area contributed by atoms with Gasteiger partial charge in [-0.2, -0.15) is 0 Å². The Morgan fingerprint density at radius 2 is 1.93 bits per heavy atom. The van der Waals surface area contributed by atoms with Crippen molar-refractivity contribution in [3.63, 3.8) is 0 Å².